The van der Waals surface area contributed by atoms with Crippen molar-refractivity contribution in [2.24, 2.45) is 0 Å². The number of hydrogen-bond acceptors (Lipinski definition) is 3. The van der Waals surface area contributed by atoms with Gasteiger partial charge < -0.3 is 15.7 Å². The third-order valence-electron chi connectivity index (χ3n) is 3.60. The third kappa shape index (κ3) is 2.84. The Hall–Kier alpha value is -2.49. The first kappa shape index (κ1) is 14.9. The Morgan fingerprint density at radius 2 is 1.90 bits per heavy atom. The summed E-state index contributed by atoms with van der Waals surface area (Å²) in [5.41, 5.74) is 9.51. The van der Waals surface area contributed by atoms with Crippen LogP contribution in [-0.2, 0) is 0 Å². The quantitative estimate of drug-likeness (QED) is 0.850. The highest BCUT2D eigenvalue weighted by Crippen LogP contribution is 2.28. The van der Waals surface area contributed by atoms with Crippen molar-refractivity contribution in [3.63, 3.8) is 0 Å². The molecule has 0 unspecified atom stereocenters. The van der Waals surface area contributed by atoms with Crippen molar-refractivity contribution in [2.45, 2.75) is 20.8 Å². The largest absolute Gasteiger partial charge is 0.508 e. The number of phenols is 1. The van der Waals surface area contributed by atoms with Crippen LogP contribution in [0.5, 0.6) is 5.75 Å². The SMILES string of the molecule is CCN(C(=O)c1cccc(C)c1N)c1cc(O)ccc1C. The molecule has 0 aliphatic carbocycles. The minimum Gasteiger partial charge on any atom is -0.508 e. The van der Waals surface area contributed by atoms with Crippen LogP contribution in [0, 0.1) is 13.8 Å². The van der Waals surface area contributed by atoms with Gasteiger partial charge in [0.25, 0.3) is 5.91 Å². The number of benzene rings is 2. The third-order valence-corrected chi connectivity index (χ3v) is 3.60. The number of rotatable bonds is 3. The summed E-state index contributed by atoms with van der Waals surface area (Å²) in [5.74, 6) is -0.0218. The van der Waals surface area contributed by atoms with E-state index in [1.807, 2.05) is 32.9 Å². The van der Waals surface area contributed by atoms with Crippen LogP contribution in [0.1, 0.15) is 28.4 Å². The van der Waals surface area contributed by atoms with Gasteiger partial charge in [0.2, 0.25) is 0 Å². The smallest absolute Gasteiger partial charge is 0.260 e. The molecule has 2 rings (SSSR count). The number of anilines is 2. The number of aryl methyl sites for hydroxylation is 2. The Kier molecular flexibility index (Phi) is 4.17. The predicted octanol–water partition coefficient (Wildman–Crippen LogP) is 3.26. The molecule has 0 aliphatic heterocycles. The second kappa shape index (κ2) is 5.87. The Morgan fingerprint density at radius 3 is 2.57 bits per heavy atom. The van der Waals surface area contributed by atoms with Crippen molar-refractivity contribution in [1.82, 2.24) is 0 Å². The number of phenolic OH excluding ortho intramolecular Hbond substituents is 1. The summed E-state index contributed by atoms with van der Waals surface area (Å²) in [6, 6.07) is 10.4. The van der Waals surface area contributed by atoms with Gasteiger partial charge in [-0.15, -0.1) is 0 Å². The second-order valence-corrected chi connectivity index (χ2v) is 5.06. The van der Waals surface area contributed by atoms with Crippen molar-refractivity contribution in [2.75, 3.05) is 17.2 Å². The van der Waals surface area contributed by atoms with Crippen LogP contribution in [0.25, 0.3) is 0 Å². The van der Waals surface area contributed by atoms with Crippen molar-refractivity contribution >= 4 is 17.3 Å². The summed E-state index contributed by atoms with van der Waals surface area (Å²) in [6.45, 7) is 6.18. The summed E-state index contributed by atoms with van der Waals surface area (Å²) < 4.78 is 0. The summed E-state index contributed by atoms with van der Waals surface area (Å²) >= 11 is 0. The van der Waals surface area contributed by atoms with Crippen LogP contribution in [0.3, 0.4) is 0 Å². The van der Waals surface area contributed by atoms with Gasteiger partial charge in [0, 0.05) is 18.3 Å². The van der Waals surface area contributed by atoms with E-state index < -0.39 is 0 Å². The molecule has 0 saturated heterocycles. The Labute approximate surface area is 124 Å². The molecule has 0 saturated carbocycles. The van der Waals surface area contributed by atoms with E-state index in [4.69, 9.17) is 5.73 Å². The lowest BCUT2D eigenvalue weighted by atomic mass is 10.1. The monoisotopic (exact) mass is 284 g/mol. The molecule has 0 spiro atoms. The molecule has 2 aromatic carbocycles. The Bertz CT molecular complexity index is 680. The first-order chi connectivity index (χ1) is 9.95. The fraction of sp³-hybridized carbons (Fsp3) is 0.235. The van der Waals surface area contributed by atoms with E-state index in [9.17, 15) is 9.90 Å². The summed E-state index contributed by atoms with van der Waals surface area (Å²) in [5, 5.41) is 9.67. The number of amides is 1. The summed E-state index contributed by atoms with van der Waals surface area (Å²) in [7, 11) is 0. The maximum Gasteiger partial charge on any atom is 0.260 e. The van der Waals surface area contributed by atoms with Gasteiger partial charge in [0.05, 0.1) is 11.3 Å². The van der Waals surface area contributed by atoms with E-state index in [1.54, 1.807) is 29.2 Å². The topological polar surface area (TPSA) is 66.6 Å². The van der Waals surface area contributed by atoms with Gasteiger partial charge >= 0.3 is 0 Å². The zero-order valence-electron chi connectivity index (χ0n) is 12.6. The first-order valence-electron chi connectivity index (χ1n) is 6.92. The van der Waals surface area contributed by atoms with Crippen molar-refractivity contribution in [3.8, 4) is 5.75 Å². The van der Waals surface area contributed by atoms with Gasteiger partial charge in [0.1, 0.15) is 5.75 Å². The fourth-order valence-electron chi connectivity index (χ4n) is 2.32. The maximum absolute atomic E-state index is 12.8. The lowest BCUT2D eigenvalue weighted by Crippen LogP contribution is -2.31. The summed E-state index contributed by atoms with van der Waals surface area (Å²) in [6.07, 6.45) is 0. The van der Waals surface area contributed by atoms with Crippen LogP contribution in [-0.4, -0.2) is 17.6 Å². The number of para-hydroxylation sites is 1. The van der Waals surface area contributed by atoms with Gasteiger partial charge in [-0.05, 0) is 44.0 Å². The molecule has 110 valence electrons. The molecule has 0 radical (unpaired) electrons. The van der Waals surface area contributed by atoms with E-state index in [1.165, 1.54) is 0 Å². The minimum absolute atomic E-state index is 0.138. The highest BCUT2D eigenvalue weighted by Gasteiger charge is 2.20. The number of carbonyl (C=O) groups is 1. The number of nitrogen functional groups attached to an aromatic ring is 1. The molecule has 0 bridgehead atoms. The van der Waals surface area contributed by atoms with Crippen molar-refractivity contribution in [3.05, 3.63) is 53.1 Å². The molecular formula is C17H20N2O2. The molecule has 0 heterocycles. The normalized spacial score (nSPS) is 10.4. The van der Waals surface area contributed by atoms with Crippen LogP contribution in [0.4, 0.5) is 11.4 Å². The first-order valence-corrected chi connectivity index (χ1v) is 6.92. The average Bonchev–Trinajstić information content (AvgIpc) is 2.46. The molecule has 1 amide bonds. The number of nitrogens with zero attached hydrogens (tertiary/aromatic N) is 1. The zero-order valence-corrected chi connectivity index (χ0v) is 12.6. The van der Waals surface area contributed by atoms with E-state index in [2.05, 4.69) is 0 Å². The molecule has 0 aliphatic rings. The van der Waals surface area contributed by atoms with Crippen LogP contribution >= 0.6 is 0 Å². The van der Waals surface area contributed by atoms with Gasteiger partial charge in [-0.25, -0.2) is 0 Å². The lowest BCUT2D eigenvalue weighted by Gasteiger charge is -2.24. The van der Waals surface area contributed by atoms with Gasteiger partial charge in [-0.3, -0.25) is 4.79 Å². The highest BCUT2D eigenvalue weighted by molar-refractivity contribution is 6.10. The van der Waals surface area contributed by atoms with E-state index >= 15 is 0 Å². The molecule has 0 aromatic heterocycles. The van der Waals surface area contributed by atoms with E-state index in [0.29, 0.717) is 23.5 Å². The standard InChI is InChI=1S/C17H20N2O2/c1-4-19(15-10-13(20)9-8-11(15)2)17(21)14-7-5-6-12(3)16(14)18/h5-10,20H,4,18H2,1-3H3. The molecular weight excluding hydrogens is 264 g/mol. The lowest BCUT2D eigenvalue weighted by molar-refractivity contribution is 0.0989. The molecule has 4 heteroatoms. The highest BCUT2D eigenvalue weighted by atomic mass is 16.3. The maximum atomic E-state index is 12.8. The van der Waals surface area contributed by atoms with Crippen LogP contribution in [0.2, 0.25) is 0 Å². The molecule has 0 atom stereocenters. The van der Waals surface area contributed by atoms with Crippen molar-refractivity contribution in [1.29, 1.82) is 0 Å². The number of hydrogen-bond donors (Lipinski definition) is 2. The minimum atomic E-state index is -0.160. The molecule has 3 N–H and O–H groups in total. The Morgan fingerprint density at radius 1 is 1.19 bits per heavy atom. The summed E-state index contributed by atoms with van der Waals surface area (Å²) in [4.78, 5) is 14.4. The van der Waals surface area contributed by atoms with Gasteiger partial charge in [-0.1, -0.05) is 18.2 Å². The predicted molar refractivity (Wildman–Crippen MR) is 85.8 cm³/mol. The fourth-order valence-corrected chi connectivity index (χ4v) is 2.32. The Balaban J connectivity index is 2.48. The van der Waals surface area contributed by atoms with Crippen LogP contribution < -0.4 is 10.6 Å². The number of aromatic hydroxyl groups is 1. The molecule has 0 fully saturated rings. The number of nitrogens with two attached hydrogens (primary N) is 1. The zero-order chi connectivity index (χ0) is 15.6. The average molecular weight is 284 g/mol. The molecule has 4 nitrogen and oxygen atoms in total. The second-order valence-electron chi connectivity index (χ2n) is 5.06. The van der Waals surface area contributed by atoms with Gasteiger partial charge in [0.15, 0.2) is 0 Å². The van der Waals surface area contributed by atoms with E-state index in [-0.39, 0.29) is 11.7 Å². The molecule has 21 heavy (non-hydrogen) atoms. The van der Waals surface area contributed by atoms with Gasteiger partial charge in [-0.2, -0.15) is 0 Å². The number of carbonyl (C=O) groups excluding carboxylic acids is 1. The van der Waals surface area contributed by atoms with Crippen LogP contribution in [0.15, 0.2) is 36.4 Å². The van der Waals surface area contributed by atoms with Crippen molar-refractivity contribution < 1.29 is 9.90 Å². The van der Waals surface area contributed by atoms with E-state index in [0.717, 1.165) is 11.1 Å². The molecule has 2 aromatic rings.